The van der Waals surface area contributed by atoms with Crippen LogP contribution >= 0.6 is 11.8 Å². The van der Waals surface area contributed by atoms with Gasteiger partial charge in [-0.15, -0.1) is 11.8 Å². The van der Waals surface area contributed by atoms with Gasteiger partial charge in [0.2, 0.25) is 0 Å². The lowest BCUT2D eigenvalue weighted by atomic mass is 10.1. The standard InChI is InChI=1S/C16H18O2S/c1-12(17)13-7-9-15(10-8-13)19-11-14-5-3-4-6-16(14)18-2/h3-10,12,17H,11H2,1-2H3. The number of aliphatic hydroxyl groups is 1. The largest absolute Gasteiger partial charge is 0.496 e. The molecule has 100 valence electrons. The Morgan fingerprint density at radius 1 is 1.11 bits per heavy atom. The van der Waals surface area contributed by atoms with Crippen molar-refractivity contribution in [1.82, 2.24) is 0 Å². The van der Waals surface area contributed by atoms with Gasteiger partial charge in [0.05, 0.1) is 13.2 Å². The molecule has 19 heavy (non-hydrogen) atoms. The molecule has 0 fully saturated rings. The zero-order chi connectivity index (χ0) is 13.7. The van der Waals surface area contributed by atoms with Gasteiger partial charge in [-0.25, -0.2) is 0 Å². The van der Waals surface area contributed by atoms with E-state index in [0.717, 1.165) is 17.1 Å². The zero-order valence-electron chi connectivity index (χ0n) is 11.2. The third kappa shape index (κ3) is 3.75. The Kier molecular flexibility index (Phi) is 4.88. The van der Waals surface area contributed by atoms with Crippen LogP contribution in [0.3, 0.4) is 0 Å². The highest BCUT2D eigenvalue weighted by molar-refractivity contribution is 7.98. The van der Waals surface area contributed by atoms with Crippen LogP contribution in [0, 0.1) is 0 Å². The molecular weight excluding hydrogens is 256 g/mol. The van der Waals surface area contributed by atoms with Crippen LogP contribution in [-0.2, 0) is 5.75 Å². The van der Waals surface area contributed by atoms with Crippen LogP contribution in [0.5, 0.6) is 5.75 Å². The first-order valence-corrected chi connectivity index (χ1v) is 7.22. The van der Waals surface area contributed by atoms with Gasteiger partial charge in [0.1, 0.15) is 5.75 Å². The van der Waals surface area contributed by atoms with Crippen molar-refractivity contribution >= 4 is 11.8 Å². The number of para-hydroxylation sites is 1. The molecule has 0 amide bonds. The van der Waals surface area contributed by atoms with E-state index in [-0.39, 0.29) is 0 Å². The number of benzene rings is 2. The van der Waals surface area contributed by atoms with Crippen LogP contribution in [0.4, 0.5) is 0 Å². The van der Waals surface area contributed by atoms with Gasteiger partial charge in [-0.3, -0.25) is 0 Å². The van der Waals surface area contributed by atoms with E-state index in [0.29, 0.717) is 0 Å². The van der Waals surface area contributed by atoms with Gasteiger partial charge in [-0.2, -0.15) is 0 Å². The van der Waals surface area contributed by atoms with Crippen molar-refractivity contribution in [3.05, 3.63) is 59.7 Å². The first-order valence-electron chi connectivity index (χ1n) is 6.23. The number of thioether (sulfide) groups is 1. The number of rotatable bonds is 5. The van der Waals surface area contributed by atoms with E-state index < -0.39 is 6.10 Å². The maximum absolute atomic E-state index is 9.47. The second-order valence-electron chi connectivity index (χ2n) is 4.35. The second-order valence-corrected chi connectivity index (χ2v) is 5.39. The summed E-state index contributed by atoms with van der Waals surface area (Å²) in [6, 6.07) is 16.1. The van der Waals surface area contributed by atoms with Gasteiger partial charge < -0.3 is 9.84 Å². The lowest BCUT2D eigenvalue weighted by Crippen LogP contribution is -1.91. The molecule has 2 nitrogen and oxygen atoms in total. The molecule has 0 radical (unpaired) electrons. The third-order valence-electron chi connectivity index (χ3n) is 2.95. The number of methoxy groups -OCH3 is 1. The molecule has 3 heteroatoms. The molecule has 1 N–H and O–H groups in total. The fourth-order valence-electron chi connectivity index (χ4n) is 1.83. The minimum atomic E-state index is -0.409. The minimum Gasteiger partial charge on any atom is -0.496 e. The van der Waals surface area contributed by atoms with E-state index >= 15 is 0 Å². The molecule has 0 aliphatic rings. The van der Waals surface area contributed by atoms with Crippen molar-refractivity contribution < 1.29 is 9.84 Å². The van der Waals surface area contributed by atoms with Gasteiger partial charge in [0.15, 0.2) is 0 Å². The van der Waals surface area contributed by atoms with Crippen LogP contribution in [0.2, 0.25) is 0 Å². The summed E-state index contributed by atoms with van der Waals surface area (Å²) in [5.74, 6) is 1.80. The first-order chi connectivity index (χ1) is 9.20. The van der Waals surface area contributed by atoms with Gasteiger partial charge in [0.25, 0.3) is 0 Å². The third-order valence-corrected chi connectivity index (χ3v) is 4.01. The summed E-state index contributed by atoms with van der Waals surface area (Å²) in [5, 5.41) is 9.47. The summed E-state index contributed by atoms with van der Waals surface area (Å²) in [6.07, 6.45) is -0.409. The van der Waals surface area contributed by atoms with Crippen molar-refractivity contribution in [2.75, 3.05) is 7.11 Å². The molecule has 0 saturated carbocycles. The van der Waals surface area contributed by atoms with Gasteiger partial charge >= 0.3 is 0 Å². The maximum atomic E-state index is 9.47. The lowest BCUT2D eigenvalue weighted by molar-refractivity contribution is 0.199. The Bertz CT molecular complexity index is 521. The average molecular weight is 274 g/mol. The summed E-state index contributed by atoms with van der Waals surface area (Å²) < 4.78 is 5.34. The normalized spacial score (nSPS) is 12.2. The number of hydrogen-bond donors (Lipinski definition) is 1. The Balaban J connectivity index is 2.02. The topological polar surface area (TPSA) is 29.5 Å². The zero-order valence-corrected chi connectivity index (χ0v) is 12.0. The van der Waals surface area contributed by atoms with E-state index in [4.69, 9.17) is 4.74 Å². The molecule has 0 heterocycles. The molecule has 1 unspecified atom stereocenters. The molecule has 0 bridgehead atoms. The summed E-state index contributed by atoms with van der Waals surface area (Å²) >= 11 is 1.76. The van der Waals surface area contributed by atoms with E-state index in [2.05, 4.69) is 6.07 Å². The van der Waals surface area contributed by atoms with E-state index in [1.54, 1.807) is 25.8 Å². The summed E-state index contributed by atoms with van der Waals surface area (Å²) in [7, 11) is 1.70. The fraction of sp³-hybridized carbons (Fsp3) is 0.250. The maximum Gasteiger partial charge on any atom is 0.122 e. The Morgan fingerprint density at radius 2 is 1.79 bits per heavy atom. The molecule has 2 rings (SSSR count). The quantitative estimate of drug-likeness (QED) is 0.834. The van der Waals surface area contributed by atoms with Gasteiger partial charge in [0, 0.05) is 16.2 Å². The van der Waals surface area contributed by atoms with Crippen molar-refractivity contribution in [2.45, 2.75) is 23.7 Å². The molecule has 0 aromatic heterocycles. The van der Waals surface area contributed by atoms with Gasteiger partial charge in [-0.1, -0.05) is 30.3 Å². The van der Waals surface area contributed by atoms with Crippen LogP contribution in [0.15, 0.2) is 53.4 Å². The Hall–Kier alpha value is -1.45. The van der Waals surface area contributed by atoms with E-state index in [1.807, 2.05) is 42.5 Å². The lowest BCUT2D eigenvalue weighted by Gasteiger charge is -2.09. The summed E-state index contributed by atoms with van der Waals surface area (Å²) in [6.45, 7) is 1.77. The predicted octanol–water partition coefficient (Wildman–Crippen LogP) is 4.04. The van der Waals surface area contributed by atoms with Crippen molar-refractivity contribution in [3.8, 4) is 5.75 Å². The number of ether oxygens (including phenoxy) is 1. The first kappa shape index (κ1) is 14.0. The highest BCUT2D eigenvalue weighted by Gasteiger charge is 2.04. The van der Waals surface area contributed by atoms with Crippen molar-refractivity contribution in [2.24, 2.45) is 0 Å². The molecule has 0 saturated heterocycles. The van der Waals surface area contributed by atoms with Crippen LogP contribution in [-0.4, -0.2) is 12.2 Å². The van der Waals surface area contributed by atoms with Crippen molar-refractivity contribution in [3.63, 3.8) is 0 Å². The van der Waals surface area contributed by atoms with Crippen molar-refractivity contribution in [1.29, 1.82) is 0 Å². The second kappa shape index (κ2) is 6.64. The smallest absolute Gasteiger partial charge is 0.122 e. The predicted molar refractivity (Wildman–Crippen MR) is 79.6 cm³/mol. The minimum absolute atomic E-state index is 0.409. The molecule has 0 aliphatic heterocycles. The molecule has 0 aliphatic carbocycles. The Labute approximate surface area is 118 Å². The monoisotopic (exact) mass is 274 g/mol. The summed E-state index contributed by atoms with van der Waals surface area (Å²) in [5.41, 5.74) is 2.14. The van der Waals surface area contributed by atoms with E-state index in [1.165, 1.54) is 10.5 Å². The average Bonchev–Trinajstić information content (AvgIpc) is 2.45. The van der Waals surface area contributed by atoms with Crippen LogP contribution < -0.4 is 4.74 Å². The SMILES string of the molecule is COc1ccccc1CSc1ccc(C(C)O)cc1. The summed E-state index contributed by atoms with van der Waals surface area (Å²) in [4.78, 5) is 1.19. The van der Waals surface area contributed by atoms with Gasteiger partial charge in [-0.05, 0) is 30.7 Å². The molecule has 1 atom stereocenters. The highest BCUT2D eigenvalue weighted by atomic mass is 32.2. The highest BCUT2D eigenvalue weighted by Crippen LogP contribution is 2.28. The number of hydrogen-bond acceptors (Lipinski definition) is 3. The van der Waals surface area contributed by atoms with Crippen LogP contribution in [0.25, 0.3) is 0 Å². The molecule has 2 aromatic carbocycles. The molecule has 2 aromatic rings. The fourth-order valence-corrected chi connectivity index (χ4v) is 2.72. The Morgan fingerprint density at radius 3 is 2.42 bits per heavy atom. The number of aliphatic hydroxyl groups excluding tert-OH is 1. The molecular formula is C16H18O2S. The molecule has 0 spiro atoms. The van der Waals surface area contributed by atoms with E-state index in [9.17, 15) is 5.11 Å². The van der Waals surface area contributed by atoms with Crippen LogP contribution in [0.1, 0.15) is 24.2 Å².